The normalized spacial score (nSPS) is 14.0. The molecule has 3 aromatic rings. The molecule has 4 nitrogen and oxygen atoms in total. The van der Waals surface area contributed by atoms with E-state index in [0.29, 0.717) is 19.0 Å². The number of carbonyl (C=O) groups excluding carboxylic acids is 1. The van der Waals surface area contributed by atoms with Gasteiger partial charge in [-0.2, -0.15) is 0 Å². The van der Waals surface area contributed by atoms with Gasteiger partial charge < -0.3 is 14.8 Å². The molecule has 0 saturated carbocycles. The van der Waals surface area contributed by atoms with E-state index in [1.807, 2.05) is 31.2 Å². The van der Waals surface area contributed by atoms with Gasteiger partial charge in [0.05, 0.1) is 5.25 Å². The van der Waals surface area contributed by atoms with Gasteiger partial charge in [0.2, 0.25) is 5.91 Å². The molecule has 1 N–H and O–H groups in total. The van der Waals surface area contributed by atoms with Gasteiger partial charge in [0.15, 0.2) is 11.5 Å². The van der Waals surface area contributed by atoms with E-state index in [9.17, 15) is 4.79 Å². The summed E-state index contributed by atoms with van der Waals surface area (Å²) in [5, 5.41) is 5.27. The van der Waals surface area contributed by atoms with Gasteiger partial charge in [-0.15, -0.1) is 11.8 Å². The molecule has 1 heterocycles. The SMILES string of the molecule is CC(SCc1cccc2ccccc12)C(=O)Nc1ccc2c(c1)OCCO2. The number of fused-ring (bicyclic) bond motifs is 2. The van der Waals surface area contributed by atoms with Crippen LogP contribution in [0.2, 0.25) is 0 Å². The Morgan fingerprint density at radius 2 is 1.81 bits per heavy atom. The number of amides is 1. The van der Waals surface area contributed by atoms with E-state index in [-0.39, 0.29) is 11.2 Å². The topological polar surface area (TPSA) is 47.6 Å². The highest BCUT2D eigenvalue weighted by Crippen LogP contribution is 2.33. The Morgan fingerprint density at radius 3 is 2.70 bits per heavy atom. The number of carbonyl (C=O) groups is 1. The number of benzene rings is 3. The molecule has 3 aromatic carbocycles. The molecule has 0 saturated heterocycles. The lowest BCUT2D eigenvalue weighted by Gasteiger charge is -2.19. The maximum Gasteiger partial charge on any atom is 0.237 e. The predicted molar refractivity (Wildman–Crippen MR) is 111 cm³/mol. The molecule has 1 aliphatic rings. The van der Waals surface area contributed by atoms with Gasteiger partial charge in [-0.05, 0) is 35.4 Å². The van der Waals surface area contributed by atoms with Gasteiger partial charge in [-0.3, -0.25) is 4.79 Å². The van der Waals surface area contributed by atoms with E-state index < -0.39 is 0 Å². The summed E-state index contributed by atoms with van der Waals surface area (Å²) in [6.45, 7) is 3.02. The molecule has 0 spiro atoms. The molecule has 27 heavy (non-hydrogen) atoms. The van der Waals surface area contributed by atoms with Gasteiger partial charge in [0, 0.05) is 17.5 Å². The van der Waals surface area contributed by atoms with E-state index in [2.05, 4.69) is 41.7 Å². The zero-order valence-electron chi connectivity index (χ0n) is 15.1. The van der Waals surface area contributed by atoms with Crippen molar-refractivity contribution in [3.63, 3.8) is 0 Å². The second-order valence-corrected chi connectivity index (χ2v) is 7.77. The maximum absolute atomic E-state index is 12.6. The summed E-state index contributed by atoms with van der Waals surface area (Å²) in [5.41, 5.74) is 1.97. The van der Waals surface area contributed by atoms with Crippen LogP contribution in [0.3, 0.4) is 0 Å². The Balaban J connectivity index is 1.39. The van der Waals surface area contributed by atoms with Crippen molar-refractivity contribution in [1.82, 2.24) is 0 Å². The smallest absolute Gasteiger partial charge is 0.237 e. The zero-order valence-corrected chi connectivity index (χ0v) is 15.9. The molecular weight excluding hydrogens is 358 g/mol. The average Bonchev–Trinajstić information content (AvgIpc) is 2.71. The molecule has 4 rings (SSSR count). The van der Waals surface area contributed by atoms with Crippen LogP contribution in [0.15, 0.2) is 60.7 Å². The standard InChI is InChI=1S/C22H21NO3S/c1-15(27-14-17-7-4-6-16-5-2-3-8-19(16)17)22(24)23-18-9-10-20-21(13-18)26-12-11-25-20/h2-10,13,15H,11-12,14H2,1H3,(H,23,24). The van der Waals surface area contributed by atoms with Crippen LogP contribution in [0.4, 0.5) is 5.69 Å². The monoisotopic (exact) mass is 379 g/mol. The number of nitrogens with one attached hydrogen (secondary N) is 1. The second-order valence-electron chi connectivity index (χ2n) is 6.44. The van der Waals surface area contributed by atoms with Crippen LogP contribution in [0.25, 0.3) is 10.8 Å². The summed E-state index contributed by atoms with van der Waals surface area (Å²) in [6, 6.07) is 20.1. The van der Waals surface area contributed by atoms with Gasteiger partial charge in [0.1, 0.15) is 13.2 Å². The minimum absolute atomic E-state index is 0.0167. The van der Waals surface area contributed by atoms with Crippen LogP contribution in [0.5, 0.6) is 11.5 Å². The quantitative estimate of drug-likeness (QED) is 0.687. The second kappa shape index (κ2) is 7.92. The molecule has 1 aliphatic heterocycles. The number of hydrogen-bond acceptors (Lipinski definition) is 4. The molecule has 0 bridgehead atoms. The lowest BCUT2D eigenvalue weighted by atomic mass is 10.1. The van der Waals surface area contributed by atoms with E-state index in [1.54, 1.807) is 11.8 Å². The van der Waals surface area contributed by atoms with Crippen molar-refractivity contribution < 1.29 is 14.3 Å². The molecule has 0 aliphatic carbocycles. The molecule has 138 valence electrons. The summed E-state index contributed by atoms with van der Waals surface area (Å²) in [6.07, 6.45) is 0. The van der Waals surface area contributed by atoms with Crippen LogP contribution < -0.4 is 14.8 Å². The van der Waals surface area contributed by atoms with E-state index in [4.69, 9.17) is 9.47 Å². The minimum Gasteiger partial charge on any atom is -0.486 e. The third-order valence-electron chi connectivity index (χ3n) is 4.55. The van der Waals surface area contributed by atoms with Crippen molar-refractivity contribution in [2.75, 3.05) is 18.5 Å². The van der Waals surface area contributed by atoms with Crippen molar-refractivity contribution in [2.24, 2.45) is 0 Å². The van der Waals surface area contributed by atoms with Crippen molar-refractivity contribution in [3.05, 3.63) is 66.2 Å². The lowest BCUT2D eigenvalue weighted by Crippen LogP contribution is -2.23. The van der Waals surface area contributed by atoms with Crippen LogP contribution in [-0.2, 0) is 10.5 Å². The van der Waals surface area contributed by atoms with Gasteiger partial charge in [-0.25, -0.2) is 0 Å². The molecule has 1 amide bonds. The Bertz CT molecular complexity index is 967. The van der Waals surface area contributed by atoms with Crippen molar-refractivity contribution in [2.45, 2.75) is 17.9 Å². The van der Waals surface area contributed by atoms with Gasteiger partial charge in [-0.1, -0.05) is 42.5 Å². The largest absolute Gasteiger partial charge is 0.486 e. The first kappa shape index (κ1) is 17.7. The highest BCUT2D eigenvalue weighted by molar-refractivity contribution is 7.99. The fourth-order valence-corrected chi connectivity index (χ4v) is 3.97. The molecular formula is C22H21NO3S. The summed E-state index contributed by atoms with van der Waals surface area (Å²) in [5.74, 6) is 2.17. The number of ether oxygens (including phenoxy) is 2. The highest BCUT2D eigenvalue weighted by atomic mass is 32.2. The average molecular weight is 379 g/mol. The molecule has 1 atom stereocenters. The summed E-state index contributed by atoms with van der Waals surface area (Å²) >= 11 is 1.63. The number of thioether (sulfide) groups is 1. The summed E-state index contributed by atoms with van der Waals surface area (Å²) in [4.78, 5) is 12.6. The van der Waals surface area contributed by atoms with Crippen molar-refractivity contribution in [1.29, 1.82) is 0 Å². The van der Waals surface area contributed by atoms with E-state index >= 15 is 0 Å². The molecule has 5 heteroatoms. The van der Waals surface area contributed by atoms with Crippen LogP contribution in [0, 0.1) is 0 Å². The molecule has 0 fully saturated rings. The van der Waals surface area contributed by atoms with Crippen molar-refractivity contribution >= 4 is 34.1 Å². The van der Waals surface area contributed by atoms with Crippen LogP contribution in [-0.4, -0.2) is 24.4 Å². The van der Waals surface area contributed by atoms with Crippen LogP contribution >= 0.6 is 11.8 Å². The third-order valence-corrected chi connectivity index (χ3v) is 5.74. The minimum atomic E-state index is -0.169. The maximum atomic E-state index is 12.6. The Hall–Kier alpha value is -2.66. The predicted octanol–water partition coefficient (Wildman–Crippen LogP) is 4.87. The first-order valence-corrected chi connectivity index (χ1v) is 10.0. The fraction of sp³-hybridized carbons (Fsp3) is 0.227. The number of rotatable bonds is 5. The number of anilines is 1. The van der Waals surface area contributed by atoms with Gasteiger partial charge >= 0.3 is 0 Å². The third kappa shape index (κ3) is 4.03. The van der Waals surface area contributed by atoms with E-state index in [0.717, 1.165) is 17.2 Å². The summed E-state index contributed by atoms with van der Waals surface area (Å²) in [7, 11) is 0. The summed E-state index contributed by atoms with van der Waals surface area (Å²) < 4.78 is 11.1. The Morgan fingerprint density at radius 1 is 1.04 bits per heavy atom. The van der Waals surface area contributed by atoms with E-state index in [1.165, 1.54) is 16.3 Å². The first-order valence-electron chi connectivity index (χ1n) is 8.99. The Kier molecular flexibility index (Phi) is 5.21. The highest BCUT2D eigenvalue weighted by Gasteiger charge is 2.17. The van der Waals surface area contributed by atoms with Crippen molar-refractivity contribution in [3.8, 4) is 11.5 Å². The zero-order chi connectivity index (χ0) is 18.6. The first-order chi connectivity index (χ1) is 13.2. The molecule has 0 radical (unpaired) electrons. The van der Waals surface area contributed by atoms with Crippen LogP contribution in [0.1, 0.15) is 12.5 Å². The number of hydrogen-bond donors (Lipinski definition) is 1. The fourth-order valence-electron chi connectivity index (χ4n) is 3.07. The van der Waals surface area contributed by atoms with Gasteiger partial charge in [0.25, 0.3) is 0 Å². The molecule has 0 aromatic heterocycles. The molecule has 1 unspecified atom stereocenters. The lowest BCUT2D eigenvalue weighted by molar-refractivity contribution is -0.115. The Labute approximate surface area is 162 Å².